The minimum Gasteiger partial charge on any atom is -0.473 e. The molecule has 1 rings (SSSR count). The van der Waals surface area contributed by atoms with Crippen LogP contribution >= 0.6 is 0 Å². The Morgan fingerprint density at radius 2 is 2.00 bits per heavy atom. The van der Waals surface area contributed by atoms with Gasteiger partial charge in [-0.3, -0.25) is 4.99 Å². The van der Waals surface area contributed by atoms with Crippen molar-refractivity contribution in [2.24, 2.45) is 4.99 Å². The molecule has 0 fully saturated rings. The number of hydrogen-bond donors (Lipinski definition) is 0. The van der Waals surface area contributed by atoms with Crippen LogP contribution in [-0.4, -0.2) is 12.9 Å². The van der Waals surface area contributed by atoms with Gasteiger partial charge in [-0.15, -0.1) is 0 Å². The highest BCUT2D eigenvalue weighted by Gasteiger charge is 1.97. The molecule has 0 bridgehead atoms. The first-order valence-corrected chi connectivity index (χ1v) is 5.57. The standard InChI is InChI=1S/C14H19NO/c1-4-12(2)10-14(15-3)16-11-13-8-6-5-7-9-13/h5-10H,4,11H2,1-3H3/b12-10-,15-14?. The van der Waals surface area contributed by atoms with Crippen molar-refractivity contribution >= 4 is 5.90 Å². The van der Waals surface area contributed by atoms with Gasteiger partial charge in [0.2, 0.25) is 5.90 Å². The Labute approximate surface area is 97.7 Å². The van der Waals surface area contributed by atoms with Crippen LogP contribution in [0.5, 0.6) is 0 Å². The molecule has 0 radical (unpaired) electrons. The molecule has 0 aliphatic carbocycles. The van der Waals surface area contributed by atoms with Crippen LogP contribution in [0, 0.1) is 0 Å². The maximum Gasteiger partial charge on any atom is 0.208 e. The second-order valence-electron chi connectivity index (χ2n) is 3.68. The molecule has 1 aromatic rings. The molecular weight excluding hydrogens is 198 g/mol. The average molecular weight is 217 g/mol. The van der Waals surface area contributed by atoms with Gasteiger partial charge in [0.05, 0.1) is 0 Å². The quantitative estimate of drug-likeness (QED) is 0.558. The van der Waals surface area contributed by atoms with Crippen molar-refractivity contribution in [3.63, 3.8) is 0 Å². The average Bonchev–Trinajstić information content (AvgIpc) is 2.35. The van der Waals surface area contributed by atoms with Crippen LogP contribution in [0.4, 0.5) is 0 Å². The summed E-state index contributed by atoms with van der Waals surface area (Å²) in [6.07, 6.45) is 3.01. The number of hydrogen-bond acceptors (Lipinski definition) is 2. The number of nitrogens with zero attached hydrogens (tertiary/aromatic N) is 1. The fraction of sp³-hybridized carbons (Fsp3) is 0.357. The van der Waals surface area contributed by atoms with E-state index in [2.05, 4.69) is 18.8 Å². The highest BCUT2D eigenvalue weighted by atomic mass is 16.5. The molecule has 1 aromatic carbocycles. The van der Waals surface area contributed by atoms with Gasteiger partial charge in [0.1, 0.15) is 6.61 Å². The zero-order chi connectivity index (χ0) is 11.8. The van der Waals surface area contributed by atoms with Gasteiger partial charge in [-0.1, -0.05) is 42.8 Å². The van der Waals surface area contributed by atoms with Gasteiger partial charge in [0.15, 0.2) is 0 Å². The maximum absolute atomic E-state index is 5.62. The summed E-state index contributed by atoms with van der Waals surface area (Å²) in [7, 11) is 1.75. The lowest BCUT2D eigenvalue weighted by Crippen LogP contribution is -2.02. The molecule has 0 atom stereocenters. The van der Waals surface area contributed by atoms with Crippen molar-refractivity contribution in [2.45, 2.75) is 26.9 Å². The van der Waals surface area contributed by atoms with Crippen LogP contribution in [0.3, 0.4) is 0 Å². The van der Waals surface area contributed by atoms with Crippen LogP contribution in [-0.2, 0) is 11.3 Å². The van der Waals surface area contributed by atoms with E-state index in [-0.39, 0.29) is 0 Å². The molecule has 0 saturated heterocycles. The van der Waals surface area contributed by atoms with Gasteiger partial charge in [0.25, 0.3) is 0 Å². The van der Waals surface area contributed by atoms with Crippen LogP contribution < -0.4 is 0 Å². The summed E-state index contributed by atoms with van der Waals surface area (Å²) in [6.45, 7) is 4.77. The van der Waals surface area contributed by atoms with E-state index in [1.54, 1.807) is 7.05 Å². The monoisotopic (exact) mass is 217 g/mol. The Bertz CT molecular complexity index is 366. The van der Waals surface area contributed by atoms with Crippen molar-refractivity contribution in [2.75, 3.05) is 7.05 Å². The topological polar surface area (TPSA) is 21.6 Å². The Morgan fingerprint density at radius 3 is 2.56 bits per heavy atom. The van der Waals surface area contributed by atoms with E-state index in [1.807, 2.05) is 36.4 Å². The summed E-state index contributed by atoms with van der Waals surface area (Å²) in [4.78, 5) is 4.11. The third kappa shape index (κ3) is 4.30. The maximum atomic E-state index is 5.62. The molecule has 2 heteroatoms. The molecule has 0 aromatic heterocycles. The summed E-state index contributed by atoms with van der Waals surface area (Å²) in [6, 6.07) is 10.1. The number of allylic oxidation sites excluding steroid dienone is 1. The fourth-order valence-electron chi connectivity index (χ4n) is 1.22. The lowest BCUT2D eigenvalue weighted by molar-refractivity contribution is 0.294. The predicted octanol–water partition coefficient (Wildman–Crippen LogP) is 3.59. The first kappa shape index (κ1) is 12.5. The SMILES string of the molecule is CC/C(C)=C\C(=NC)OCc1ccccc1. The van der Waals surface area contributed by atoms with Crippen molar-refractivity contribution in [3.8, 4) is 0 Å². The molecule has 0 aliphatic heterocycles. The first-order chi connectivity index (χ1) is 7.76. The summed E-state index contributed by atoms with van der Waals surface area (Å²) in [5, 5.41) is 0. The Hall–Kier alpha value is -1.57. The molecule has 86 valence electrons. The molecule has 16 heavy (non-hydrogen) atoms. The van der Waals surface area contributed by atoms with E-state index in [1.165, 1.54) is 5.57 Å². The van der Waals surface area contributed by atoms with Crippen LogP contribution in [0.1, 0.15) is 25.8 Å². The van der Waals surface area contributed by atoms with E-state index in [4.69, 9.17) is 4.74 Å². The lowest BCUT2D eigenvalue weighted by atomic mass is 10.2. The van der Waals surface area contributed by atoms with Crippen molar-refractivity contribution < 1.29 is 4.74 Å². The van der Waals surface area contributed by atoms with Crippen molar-refractivity contribution in [3.05, 3.63) is 47.5 Å². The smallest absolute Gasteiger partial charge is 0.208 e. The summed E-state index contributed by atoms with van der Waals surface area (Å²) < 4.78 is 5.62. The van der Waals surface area contributed by atoms with Gasteiger partial charge >= 0.3 is 0 Å². The zero-order valence-corrected chi connectivity index (χ0v) is 10.2. The van der Waals surface area contributed by atoms with Crippen molar-refractivity contribution in [1.29, 1.82) is 0 Å². The van der Waals surface area contributed by atoms with Crippen LogP contribution in [0.2, 0.25) is 0 Å². The predicted molar refractivity (Wildman–Crippen MR) is 68.6 cm³/mol. The minimum atomic E-state index is 0.570. The van der Waals surface area contributed by atoms with E-state index < -0.39 is 0 Å². The van der Waals surface area contributed by atoms with Crippen LogP contribution in [0.25, 0.3) is 0 Å². The number of aliphatic imine (C=N–C) groups is 1. The molecule has 0 spiro atoms. The van der Waals surface area contributed by atoms with Gasteiger partial charge in [0, 0.05) is 7.05 Å². The highest BCUT2D eigenvalue weighted by Crippen LogP contribution is 2.04. The zero-order valence-electron chi connectivity index (χ0n) is 10.2. The minimum absolute atomic E-state index is 0.570. The number of ether oxygens (including phenoxy) is 1. The van der Waals surface area contributed by atoms with Gasteiger partial charge in [-0.2, -0.15) is 0 Å². The van der Waals surface area contributed by atoms with E-state index in [9.17, 15) is 0 Å². The second kappa shape index (κ2) is 6.83. The molecule has 2 nitrogen and oxygen atoms in total. The molecule has 0 heterocycles. The molecule has 0 saturated carbocycles. The highest BCUT2D eigenvalue weighted by molar-refractivity contribution is 5.88. The third-order valence-corrected chi connectivity index (χ3v) is 2.38. The number of rotatable bonds is 4. The molecule has 0 N–H and O–H groups in total. The summed E-state index contributed by atoms with van der Waals surface area (Å²) in [5.74, 6) is 0.697. The van der Waals surface area contributed by atoms with Crippen molar-refractivity contribution in [1.82, 2.24) is 0 Å². The van der Waals surface area contributed by atoms with Crippen LogP contribution in [0.15, 0.2) is 47.0 Å². The Kier molecular flexibility index (Phi) is 5.34. The molecular formula is C14H19NO. The Balaban J connectivity index is 2.54. The van der Waals surface area contributed by atoms with E-state index in [0.29, 0.717) is 12.5 Å². The largest absolute Gasteiger partial charge is 0.473 e. The summed E-state index contributed by atoms with van der Waals surface area (Å²) >= 11 is 0. The fourth-order valence-corrected chi connectivity index (χ4v) is 1.22. The number of benzene rings is 1. The Morgan fingerprint density at radius 1 is 1.31 bits per heavy atom. The second-order valence-corrected chi connectivity index (χ2v) is 3.68. The normalized spacial score (nSPS) is 12.7. The summed E-state index contributed by atoms with van der Waals surface area (Å²) in [5.41, 5.74) is 2.43. The van der Waals surface area contributed by atoms with E-state index in [0.717, 1.165) is 12.0 Å². The van der Waals surface area contributed by atoms with E-state index >= 15 is 0 Å². The lowest BCUT2D eigenvalue weighted by Gasteiger charge is -2.06. The third-order valence-electron chi connectivity index (χ3n) is 2.38. The first-order valence-electron chi connectivity index (χ1n) is 5.57. The molecule has 0 unspecified atom stereocenters. The van der Waals surface area contributed by atoms with Gasteiger partial charge < -0.3 is 4.74 Å². The molecule has 0 amide bonds. The van der Waals surface area contributed by atoms with Gasteiger partial charge in [-0.05, 0) is 25.0 Å². The van der Waals surface area contributed by atoms with Gasteiger partial charge in [-0.25, -0.2) is 0 Å². The molecule has 0 aliphatic rings.